The molecule has 1 heterocycles. The second-order valence-electron chi connectivity index (χ2n) is 4.42. The lowest BCUT2D eigenvalue weighted by Gasteiger charge is -2.19. The summed E-state index contributed by atoms with van der Waals surface area (Å²) in [5.41, 5.74) is 1.89. The van der Waals surface area contributed by atoms with E-state index in [4.69, 9.17) is 5.11 Å². The number of anilines is 1. The van der Waals surface area contributed by atoms with Crippen LogP contribution < -0.4 is 4.90 Å². The molecule has 0 atom stereocenters. The van der Waals surface area contributed by atoms with Crippen molar-refractivity contribution in [1.29, 1.82) is 0 Å². The van der Waals surface area contributed by atoms with E-state index < -0.39 is 5.97 Å². The molecule has 1 aromatic rings. The number of hydrogen-bond acceptors (Lipinski definition) is 3. The Bertz CT molecular complexity index is 464. The van der Waals surface area contributed by atoms with Crippen molar-refractivity contribution >= 4 is 17.9 Å². The van der Waals surface area contributed by atoms with Gasteiger partial charge in [0.2, 0.25) is 0 Å². The summed E-state index contributed by atoms with van der Waals surface area (Å²) in [6, 6.07) is 2.59. The summed E-state index contributed by atoms with van der Waals surface area (Å²) >= 11 is 0. The van der Waals surface area contributed by atoms with E-state index in [1.165, 1.54) is 12.8 Å². The maximum absolute atomic E-state index is 10.4. The van der Waals surface area contributed by atoms with Gasteiger partial charge in [0.1, 0.15) is 5.82 Å². The molecule has 0 spiro atoms. The first kappa shape index (κ1) is 11.6. The van der Waals surface area contributed by atoms with Crippen LogP contribution in [0.5, 0.6) is 0 Å². The molecule has 2 rings (SSSR count). The second-order valence-corrected chi connectivity index (χ2v) is 4.42. The monoisotopic (exact) mass is 232 g/mol. The number of rotatable bonds is 4. The normalized spacial score (nSPS) is 15.2. The number of hydrogen-bond donors (Lipinski definition) is 1. The summed E-state index contributed by atoms with van der Waals surface area (Å²) in [5.74, 6) is 0.0433. The number of carbonyl (C=O) groups is 1. The first-order chi connectivity index (χ1) is 8.08. The molecule has 1 aliphatic rings. The SMILES string of the molecule is Cc1cc(/C=C/C(=O)O)cnc1N(C)C1CC1. The van der Waals surface area contributed by atoms with Gasteiger partial charge in [-0.05, 0) is 43.0 Å². The zero-order chi connectivity index (χ0) is 12.4. The number of aliphatic carboxylic acids is 1. The van der Waals surface area contributed by atoms with E-state index in [0.29, 0.717) is 6.04 Å². The lowest BCUT2D eigenvalue weighted by molar-refractivity contribution is -0.131. The Hall–Kier alpha value is -1.84. The largest absolute Gasteiger partial charge is 0.478 e. The molecule has 90 valence electrons. The van der Waals surface area contributed by atoms with E-state index in [2.05, 4.69) is 16.9 Å². The van der Waals surface area contributed by atoms with Crippen LogP contribution in [0.15, 0.2) is 18.3 Å². The fourth-order valence-corrected chi connectivity index (χ4v) is 1.85. The van der Waals surface area contributed by atoms with Crippen LogP contribution in [0.3, 0.4) is 0 Å². The van der Waals surface area contributed by atoms with Gasteiger partial charge in [0.25, 0.3) is 0 Å². The molecule has 4 nitrogen and oxygen atoms in total. The molecule has 0 aliphatic heterocycles. The Morgan fingerprint density at radius 3 is 2.82 bits per heavy atom. The average Bonchev–Trinajstić information content (AvgIpc) is 3.09. The van der Waals surface area contributed by atoms with Crippen molar-refractivity contribution in [3.63, 3.8) is 0 Å². The van der Waals surface area contributed by atoms with Gasteiger partial charge in [-0.3, -0.25) is 0 Å². The number of aromatic nitrogens is 1. The Balaban J connectivity index is 2.18. The Labute approximate surface area is 101 Å². The van der Waals surface area contributed by atoms with Crippen LogP contribution in [0.25, 0.3) is 6.08 Å². The van der Waals surface area contributed by atoms with Gasteiger partial charge in [0, 0.05) is 25.4 Å². The minimum atomic E-state index is -0.943. The predicted octanol–water partition coefficient (Wildman–Crippen LogP) is 2.09. The Morgan fingerprint density at radius 2 is 2.29 bits per heavy atom. The van der Waals surface area contributed by atoms with Gasteiger partial charge in [-0.15, -0.1) is 0 Å². The Morgan fingerprint density at radius 1 is 1.59 bits per heavy atom. The van der Waals surface area contributed by atoms with Gasteiger partial charge in [-0.2, -0.15) is 0 Å². The Kier molecular flexibility index (Phi) is 3.13. The summed E-state index contributed by atoms with van der Waals surface area (Å²) in [6.07, 6.45) is 6.86. The molecule has 0 unspecified atom stereocenters. The van der Waals surface area contributed by atoms with Gasteiger partial charge in [0.15, 0.2) is 0 Å². The number of carboxylic acid groups (broad SMARTS) is 1. The van der Waals surface area contributed by atoms with Crippen LogP contribution in [0.2, 0.25) is 0 Å². The first-order valence-corrected chi connectivity index (χ1v) is 5.68. The van der Waals surface area contributed by atoms with E-state index >= 15 is 0 Å². The number of pyridine rings is 1. The lowest BCUT2D eigenvalue weighted by atomic mass is 10.2. The van der Waals surface area contributed by atoms with Crippen molar-refractivity contribution in [3.8, 4) is 0 Å². The van der Waals surface area contributed by atoms with Crippen LogP contribution in [-0.4, -0.2) is 29.1 Å². The van der Waals surface area contributed by atoms with E-state index in [-0.39, 0.29) is 0 Å². The smallest absolute Gasteiger partial charge is 0.328 e. The van der Waals surface area contributed by atoms with Crippen molar-refractivity contribution in [3.05, 3.63) is 29.5 Å². The molecule has 1 aromatic heterocycles. The number of carboxylic acids is 1. The van der Waals surface area contributed by atoms with E-state index in [0.717, 1.165) is 23.0 Å². The van der Waals surface area contributed by atoms with Crippen molar-refractivity contribution in [1.82, 2.24) is 4.98 Å². The fourth-order valence-electron chi connectivity index (χ4n) is 1.85. The molecule has 0 aromatic carbocycles. The molecule has 0 amide bonds. The topological polar surface area (TPSA) is 53.4 Å². The highest BCUT2D eigenvalue weighted by atomic mass is 16.4. The molecule has 4 heteroatoms. The van der Waals surface area contributed by atoms with E-state index in [9.17, 15) is 4.79 Å². The molecule has 0 saturated heterocycles. The van der Waals surface area contributed by atoms with Crippen molar-refractivity contribution < 1.29 is 9.90 Å². The van der Waals surface area contributed by atoms with Crippen molar-refractivity contribution in [2.24, 2.45) is 0 Å². The molecule has 0 radical (unpaired) electrons. The van der Waals surface area contributed by atoms with Crippen LogP contribution in [0.4, 0.5) is 5.82 Å². The molecular formula is C13H16N2O2. The third-order valence-electron chi connectivity index (χ3n) is 2.92. The molecule has 1 saturated carbocycles. The molecule has 17 heavy (non-hydrogen) atoms. The standard InChI is InChI=1S/C13H16N2O2/c1-9-7-10(3-6-12(16)17)8-14-13(9)15(2)11-4-5-11/h3,6-8,11H,4-5H2,1-2H3,(H,16,17)/b6-3+. The van der Waals surface area contributed by atoms with E-state index in [1.807, 2.05) is 13.0 Å². The average molecular weight is 232 g/mol. The first-order valence-electron chi connectivity index (χ1n) is 5.68. The van der Waals surface area contributed by atoms with Gasteiger partial charge in [-0.25, -0.2) is 9.78 Å². The fraction of sp³-hybridized carbons (Fsp3) is 0.385. The highest BCUT2D eigenvalue weighted by molar-refractivity contribution is 5.85. The zero-order valence-corrected chi connectivity index (χ0v) is 10.1. The van der Waals surface area contributed by atoms with Gasteiger partial charge in [0.05, 0.1) is 0 Å². The quantitative estimate of drug-likeness (QED) is 0.807. The highest BCUT2D eigenvalue weighted by Gasteiger charge is 2.27. The predicted molar refractivity (Wildman–Crippen MR) is 67.1 cm³/mol. The summed E-state index contributed by atoms with van der Waals surface area (Å²) in [5, 5.41) is 8.55. The maximum atomic E-state index is 10.4. The third kappa shape index (κ3) is 2.84. The second kappa shape index (κ2) is 4.57. The summed E-state index contributed by atoms with van der Waals surface area (Å²) in [7, 11) is 2.06. The molecule has 1 fully saturated rings. The summed E-state index contributed by atoms with van der Waals surface area (Å²) in [6.45, 7) is 2.00. The number of nitrogens with zero attached hydrogens (tertiary/aromatic N) is 2. The van der Waals surface area contributed by atoms with Gasteiger partial charge < -0.3 is 10.0 Å². The van der Waals surface area contributed by atoms with Crippen LogP contribution >= 0.6 is 0 Å². The van der Waals surface area contributed by atoms with Crippen molar-refractivity contribution in [2.75, 3.05) is 11.9 Å². The van der Waals surface area contributed by atoms with Crippen LogP contribution in [0.1, 0.15) is 24.0 Å². The minimum absolute atomic E-state index is 0.626. The molecule has 1 aliphatic carbocycles. The van der Waals surface area contributed by atoms with Crippen molar-refractivity contribution in [2.45, 2.75) is 25.8 Å². The third-order valence-corrected chi connectivity index (χ3v) is 2.92. The van der Waals surface area contributed by atoms with Gasteiger partial charge in [-0.1, -0.05) is 0 Å². The van der Waals surface area contributed by atoms with Crippen LogP contribution in [0, 0.1) is 6.92 Å². The molecular weight excluding hydrogens is 216 g/mol. The molecule has 0 bridgehead atoms. The number of aryl methyl sites for hydroxylation is 1. The summed E-state index contributed by atoms with van der Waals surface area (Å²) < 4.78 is 0. The van der Waals surface area contributed by atoms with Gasteiger partial charge >= 0.3 is 5.97 Å². The van der Waals surface area contributed by atoms with E-state index in [1.54, 1.807) is 12.3 Å². The lowest BCUT2D eigenvalue weighted by Crippen LogP contribution is -2.21. The zero-order valence-electron chi connectivity index (χ0n) is 10.1. The van der Waals surface area contributed by atoms with Crippen LogP contribution in [-0.2, 0) is 4.79 Å². The molecule has 1 N–H and O–H groups in total. The maximum Gasteiger partial charge on any atom is 0.328 e. The minimum Gasteiger partial charge on any atom is -0.478 e. The summed E-state index contributed by atoms with van der Waals surface area (Å²) in [4.78, 5) is 17.0. The highest BCUT2D eigenvalue weighted by Crippen LogP contribution is 2.30.